The van der Waals surface area contributed by atoms with E-state index in [0.29, 0.717) is 6.42 Å². The van der Waals surface area contributed by atoms with E-state index in [0.717, 1.165) is 58.5 Å². The third-order valence-electron chi connectivity index (χ3n) is 6.40. The monoisotopic (exact) mass is 471 g/mol. The summed E-state index contributed by atoms with van der Waals surface area (Å²) in [7, 11) is 0. The fraction of sp³-hybridized carbons (Fsp3) is 0.964. The van der Waals surface area contributed by atoms with Crippen LogP contribution in [0.4, 0.5) is 0 Å². The topological polar surface area (TPSA) is 70.0 Å². The van der Waals surface area contributed by atoms with Crippen molar-refractivity contribution in [1.82, 2.24) is 4.90 Å². The number of carbonyl (C=O) groups is 1. The zero-order chi connectivity index (χ0) is 24.2. The van der Waals surface area contributed by atoms with E-state index in [1.165, 1.54) is 96.3 Å². The van der Waals surface area contributed by atoms with Crippen LogP contribution in [0.5, 0.6) is 0 Å². The van der Waals surface area contributed by atoms with E-state index in [4.69, 9.17) is 14.9 Å². The van der Waals surface area contributed by atoms with Crippen molar-refractivity contribution in [1.29, 1.82) is 0 Å². The number of hydrogen-bond donors (Lipinski definition) is 2. The molecule has 0 unspecified atom stereocenters. The molecule has 0 radical (unpaired) electrons. The smallest absolute Gasteiger partial charge is 0.303 e. The van der Waals surface area contributed by atoms with Gasteiger partial charge in [-0.15, -0.1) is 0 Å². The predicted molar refractivity (Wildman–Crippen MR) is 140 cm³/mol. The first-order valence-electron chi connectivity index (χ1n) is 14.3. The van der Waals surface area contributed by atoms with Gasteiger partial charge in [-0.1, -0.05) is 90.4 Å². The lowest BCUT2D eigenvalue weighted by atomic mass is 10.1. The van der Waals surface area contributed by atoms with E-state index in [-0.39, 0.29) is 6.61 Å². The number of hydrogen-bond acceptors (Lipinski definition) is 4. The summed E-state index contributed by atoms with van der Waals surface area (Å²) in [5.41, 5.74) is 0. The average Bonchev–Trinajstić information content (AvgIpc) is 2.80. The van der Waals surface area contributed by atoms with E-state index in [1.807, 2.05) is 0 Å². The molecule has 0 atom stereocenters. The van der Waals surface area contributed by atoms with Crippen molar-refractivity contribution in [2.24, 2.45) is 0 Å². The van der Waals surface area contributed by atoms with Gasteiger partial charge in [0.15, 0.2) is 0 Å². The van der Waals surface area contributed by atoms with Gasteiger partial charge in [-0.2, -0.15) is 0 Å². The summed E-state index contributed by atoms with van der Waals surface area (Å²) in [6, 6.07) is 0. The van der Waals surface area contributed by atoms with Crippen LogP contribution < -0.4 is 0 Å². The summed E-state index contributed by atoms with van der Waals surface area (Å²) in [5, 5.41) is 17.8. The maximum atomic E-state index is 10.5. The number of carboxylic acid groups (broad SMARTS) is 1. The first-order valence-corrected chi connectivity index (χ1v) is 14.3. The Balaban J connectivity index is 3.46. The number of aliphatic carboxylic acids is 1. The SMILES string of the molecule is CCCCCCCCCOCCCCCCCCN(CCCO)CCCCCCCC(=O)O. The van der Waals surface area contributed by atoms with Crippen molar-refractivity contribution >= 4 is 5.97 Å². The van der Waals surface area contributed by atoms with Gasteiger partial charge in [-0.05, 0) is 51.6 Å². The van der Waals surface area contributed by atoms with Gasteiger partial charge >= 0.3 is 5.97 Å². The Morgan fingerprint density at radius 1 is 0.606 bits per heavy atom. The van der Waals surface area contributed by atoms with E-state index in [9.17, 15) is 4.79 Å². The third-order valence-corrected chi connectivity index (χ3v) is 6.40. The van der Waals surface area contributed by atoms with Crippen LogP contribution in [0, 0.1) is 0 Å². The van der Waals surface area contributed by atoms with Gasteiger partial charge in [0, 0.05) is 32.8 Å². The molecule has 0 saturated heterocycles. The highest BCUT2D eigenvalue weighted by Gasteiger charge is 2.05. The summed E-state index contributed by atoms with van der Waals surface area (Å²) in [6.45, 7) is 7.65. The lowest BCUT2D eigenvalue weighted by Gasteiger charge is -2.22. The van der Waals surface area contributed by atoms with Crippen LogP contribution >= 0.6 is 0 Å². The molecule has 0 aromatic carbocycles. The molecule has 5 heteroatoms. The van der Waals surface area contributed by atoms with Crippen LogP contribution in [-0.2, 0) is 9.53 Å². The molecule has 198 valence electrons. The minimum absolute atomic E-state index is 0.271. The summed E-state index contributed by atoms with van der Waals surface area (Å²) in [4.78, 5) is 13.0. The zero-order valence-electron chi connectivity index (χ0n) is 22.0. The number of rotatable bonds is 28. The molecule has 5 nitrogen and oxygen atoms in total. The second kappa shape index (κ2) is 27.6. The van der Waals surface area contributed by atoms with Crippen LogP contribution in [-0.4, -0.2) is 60.5 Å². The Labute approximate surface area is 205 Å². The number of nitrogens with zero attached hydrogens (tertiary/aromatic N) is 1. The van der Waals surface area contributed by atoms with E-state index in [2.05, 4.69) is 11.8 Å². The van der Waals surface area contributed by atoms with Crippen LogP contribution in [0.3, 0.4) is 0 Å². The van der Waals surface area contributed by atoms with Gasteiger partial charge in [0.05, 0.1) is 0 Å². The van der Waals surface area contributed by atoms with Gasteiger partial charge in [0.1, 0.15) is 0 Å². The molecule has 0 aromatic rings. The summed E-state index contributed by atoms with van der Waals surface area (Å²) in [6.07, 6.45) is 23.5. The quantitative estimate of drug-likeness (QED) is 0.118. The lowest BCUT2D eigenvalue weighted by molar-refractivity contribution is -0.137. The van der Waals surface area contributed by atoms with Crippen molar-refractivity contribution in [3.8, 4) is 0 Å². The van der Waals surface area contributed by atoms with Gasteiger partial charge < -0.3 is 19.8 Å². The van der Waals surface area contributed by atoms with Crippen LogP contribution in [0.2, 0.25) is 0 Å². The molecule has 0 aliphatic heterocycles. The molecular formula is C28H57NO4. The van der Waals surface area contributed by atoms with E-state index >= 15 is 0 Å². The van der Waals surface area contributed by atoms with Crippen LogP contribution in [0.25, 0.3) is 0 Å². The molecule has 0 bridgehead atoms. The van der Waals surface area contributed by atoms with E-state index in [1.54, 1.807) is 0 Å². The Bertz CT molecular complexity index is 392. The number of aliphatic hydroxyl groups excluding tert-OH is 1. The first kappa shape index (κ1) is 32.4. The maximum Gasteiger partial charge on any atom is 0.303 e. The number of ether oxygens (including phenoxy) is 1. The Kier molecular flexibility index (Phi) is 27.0. The van der Waals surface area contributed by atoms with Crippen LogP contribution in [0.1, 0.15) is 135 Å². The van der Waals surface area contributed by atoms with Crippen molar-refractivity contribution < 1.29 is 19.7 Å². The Morgan fingerprint density at radius 2 is 1.03 bits per heavy atom. The highest BCUT2D eigenvalue weighted by Crippen LogP contribution is 2.10. The average molecular weight is 472 g/mol. The molecule has 0 rings (SSSR count). The maximum absolute atomic E-state index is 10.5. The van der Waals surface area contributed by atoms with Crippen molar-refractivity contribution in [3.05, 3.63) is 0 Å². The Morgan fingerprint density at radius 3 is 1.52 bits per heavy atom. The van der Waals surface area contributed by atoms with Crippen molar-refractivity contribution in [3.63, 3.8) is 0 Å². The summed E-state index contributed by atoms with van der Waals surface area (Å²) < 4.78 is 5.78. The fourth-order valence-corrected chi connectivity index (χ4v) is 4.28. The van der Waals surface area contributed by atoms with Gasteiger partial charge in [-0.25, -0.2) is 0 Å². The molecule has 0 aliphatic rings. The molecule has 0 aliphatic carbocycles. The number of carboxylic acids is 1. The largest absolute Gasteiger partial charge is 0.481 e. The Hall–Kier alpha value is -0.650. The third kappa shape index (κ3) is 27.5. The van der Waals surface area contributed by atoms with Crippen molar-refractivity contribution in [2.45, 2.75) is 135 Å². The minimum atomic E-state index is -0.683. The standard InChI is InChI=1S/C28H57NO4/c1-2-3-4-5-7-13-18-26-33-27-19-14-8-6-11-16-22-29(24-20-25-30)23-17-12-9-10-15-21-28(31)32/h30H,2-27H2,1H3,(H,31,32). The summed E-state index contributed by atoms with van der Waals surface area (Å²) >= 11 is 0. The molecule has 0 spiro atoms. The molecule has 0 fully saturated rings. The zero-order valence-corrected chi connectivity index (χ0v) is 22.0. The molecular weight excluding hydrogens is 414 g/mol. The van der Waals surface area contributed by atoms with Crippen LogP contribution in [0.15, 0.2) is 0 Å². The molecule has 0 amide bonds. The number of unbranched alkanes of at least 4 members (excludes halogenated alkanes) is 15. The summed E-state index contributed by atoms with van der Waals surface area (Å²) in [5.74, 6) is -0.683. The second-order valence-electron chi connectivity index (χ2n) is 9.69. The number of aliphatic hydroxyl groups is 1. The highest BCUT2D eigenvalue weighted by atomic mass is 16.5. The normalized spacial score (nSPS) is 11.5. The molecule has 0 heterocycles. The van der Waals surface area contributed by atoms with Gasteiger partial charge in [-0.3, -0.25) is 4.79 Å². The van der Waals surface area contributed by atoms with E-state index < -0.39 is 5.97 Å². The second-order valence-corrected chi connectivity index (χ2v) is 9.69. The molecule has 0 aromatic heterocycles. The van der Waals surface area contributed by atoms with Gasteiger partial charge in [0.2, 0.25) is 0 Å². The fourth-order valence-electron chi connectivity index (χ4n) is 4.28. The lowest BCUT2D eigenvalue weighted by Crippen LogP contribution is -2.27. The molecule has 0 saturated carbocycles. The predicted octanol–water partition coefficient (Wildman–Crippen LogP) is 7.20. The highest BCUT2D eigenvalue weighted by molar-refractivity contribution is 5.66. The molecule has 33 heavy (non-hydrogen) atoms. The minimum Gasteiger partial charge on any atom is -0.481 e. The first-order chi connectivity index (χ1) is 16.2. The molecule has 2 N–H and O–H groups in total. The van der Waals surface area contributed by atoms with Gasteiger partial charge in [0.25, 0.3) is 0 Å². The van der Waals surface area contributed by atoms with Crippen molar-refractivity contribution in [2.75, 3.05) is 39.5 Å².